The Kier molecular flexibility index (Phi) is 6.88. The third-order valence-corrected chi connectivity index (χ3v) is 2.70. The predicted molar refractivity (Wildman–Crippen MR) is 90.1 cm³/mol. The first kappa shape index (κ1) is 18.8. The molecule has 1 rings (SSSR count). The van der Waals surface area contributed by atoms with Crippen molar-refractivity contribution >= 4 is 12.1 Å². The molecule has 6 heteroatoms. The van der Waals surface area contributed by atoms with Gasteiger partial charge in [0.1, 0.15) is 11.8 Å². The Bertz CT molecular complexity index is 510. The van der Waals surface area contributed by atoms with Crippen LogP contribution in [0.5, 0.6) is 0 Å². The minimum atomic E-state index is -0.596. The van der Waals surface area contributed by atoms with Gasteiger partial charge in [-0.2, -0.15) is 0 Å². The van der Waals surface area contributed by atoms with Crippen molar-refractivity contribution < 1.29 is 14.3 Å². The molecule has 1 aromatic carbocycles. The topological polar surface area (TPSA) is 79.5 Å². The largest absolute Gasteiger partial charge is 0.444 e. The average molecular weight is 321 g/mol. The summed E-state index contributed by atoms with van der Waals surface area (Å²) in [6, 6.07) is 9.28. The molecule has 1 atom stereocenters. The number of urea groups is 1. The third-order valence-electron chi connectivity index (χ3n) is 2.70. The second-order valence-electron chi connectivity index (χ2n) is 6.66. The number of benzene rings is 1. The van der Waals surface area contributed by atoms with E-state index in [4.69, 9.17) is 4.74 Å². The van der Waals surface area contributed by atoms with Crippen LogP contribution in [0.3, 0.4) is 0 Å². The van der Waals surface area contributed by atoms with Gasteiger partial charge in [0.25, 0.3) is 0 Å². The van der Waals surface area contributed by atoms with Crippen LogP contribution in [0.15, 0.2) is 30.3 Å². The summed E-state index contributed by atoms with van der Waals surface area (Å²) < 4.78 is 5.25. The van der Waals surface area contributed by atoms with Crippen molar-refractivity contribution in [2.24, 2.45) is 0 Å². The molecule has 3 N–H and O–H groups in total. The van der Waals surface area contributed by atoms with Gasteiger partial charge in [-0.05, 0) is 40.2 Å². The third kappa shape index (κ3) is 8.70. The molecular formula is C17H27N3O3. The van der Waals surface area contributed by atoms with Gasteiger partial charge in [-0.3, -0.25) is 0 Å². The highest BCUT2D eigenvalue weighted by Crippen LogP contribution is 2.08. The second-order valence-corrected chi connectivity index (χ2v) is 6.66. The molecule has 0 radical (unpaired) electrons. The average Bonchev–Trinajstić information content (AvgIpc) is 2.35. The number of carbonyl (C=O) groups is 2. The van der Waals surface area contributed by atoms with Crippen LogP contribution in [0.1, 0.15) is 40.2 Å². The van der Waals surface area contributed by atoms with Gasteiger partial charge in [0.15, 0.2) is 0 Å². The Morgan fingerprint density at radius 1 is 1.04 bits per heavy atom. The molecule has 1 aromatic rings. The maximum atomic E-state index is 12.0. The number of hydrogen-bond donors (Lipinski definition) is 3. The summed E-state index contributed by atoms with van der Waals surface area (Å²) in [6.45, 7) is 9.10. The van der Waals surface area contributed by atoms with Crippen LogP contribution < -0.4 is 16.0 Å². The van der Waals surface area contributed by atoms with Gasteiger partial charge in [0, 0.05) is 12.5 Å². The molecule has 0 saturated heterocycles. The minimum absolute atomic E-state index is 0.00824. The van der Waals surface area contributed by atoms with Gasteiger partial charge in [-0.25, -0.2) is 9.59 Å². The molecule has 128 valence electrons. The number of amides is 3. The molecule has 3 amide bonds. The Hall–Kier alpha value is -2.24. The summed E-state index contributed by atoms with van der Waals surface area (Å²) >= 11 is 0. The molecule has 23 heavy (non-hydrogen) atoms. The van der Waals surface area contributed by atoms with E-state index in [2.05, 4.69) is 16.0 Å². The fourth-order valence-electron chi connectivity index (χ4n) is 1.90. The predicted octanol–water partition coefficient (Wildman–Crippen LogP) is 2.79. The number of hydrogen-bond acceptors (Lipinski definition) is 3. The molecular weight excluding hydrogens is 294 g/mol. The summed E-state index contributed by atoms with van der Waals surface area (Å²) in [5.74, 6) is 0. The first-order valence-electron chi connectivity index (χ1n) is 7.76. The number of rotatable bonds is 5. The van der Waals surface area contributed by atoms with E-state index in [1.165, 1.54) is 0 Å². The lowest BCUT2D eigenvalue weighted by atomic mass is 10.1. The van der Waals surface area contributed by atoms with Gasteiger partial charge in [0.2, 0.25) is 0 Å². The fourth-order valence-corrected chi connectivity index (χ4v) is 1.90. The summed E-state index contributed by atoms with van der Waals surface area (Å²) in [5.41, 5.74) is 0.403. The molecule has 0 spiro atoms. The minimum Gasteiger partial charge on any atom is -0.444 e. The van der Waals surface area contributed by atoms with E-state index >= 15 is 0 Å². The van der Waals surface area contributed by atoms with Crippen LogP contribution in [-0.2, 0) is 11.2 Å². The quantitative estimate of drug-likeness (QED) is 0.730. The van der Waals surface area contributed by atoms with Crippen LogP contribution in [0, 0.1) is 0 Å². The van der Waals surface area contributed by atoms with Crippen molar-refractivity contribution in [1.82, 2.24) is 16.0 Å². The SMILES string of the molecule is CC(C)NC(=O)NC(Cc1ccccc1)NC(=O)OC(C)(C)C. The number of alkyl carbamates (subject to hydrolysis) is 1. The molecule has 0 saturated carbocycles. The summed E-state index contributed by atoms with van der Waals surface area (Å²) in [6.07, 6.45) is -0.666. The van der Waals surface area contributed by atoms with E-state index in [0.29, 0.717) is 6.42 Å². The summed E-state index contributed by atoms with van der Waals surface area (Å²) in [7, 11) is 0. The molecule has 0 heterocycles. The van der Waals surface area contributed by atoms with E-state index in [0.717, 1.165) is 5.56 Å². The normalized spacial score (nSPS) is 12.4. The van der Waals surface area contributed by atoms with E-state index in [-0.39, 0.29) is 12.1 Å². The van der Waals surface area contributed by atoms with Crippen molar-refractivity contribution in [3.8, 4) is 0 Å². The highest BCUT2D eigenvalue weighted by atomic mass is 16.6. The number of carbonyl (C=O) groups excluding carboxylic acids is 2. The van der Waals surface area contributed by atoms with Gasteiger partial charge in [-0.15, -0.1) is 0 Å². The molecule has 0 aliphatic rings. The Labute approximate surface area is 138 Å². The highest BCUT2D eigenvalue weighted by Gasteiger charge is 2.21. The first-order chi connectivity index (χ1) is 10.7. The van der Waals surface area contributed by atoms with Crippen molar-refractivity contribution in [2.75, 3.05) is 0 Å². The zero-order chi connectivity index (χ0) is 17.5. The number of ether oxygens (including phenoxy) is 1. The van der Waals surface area contributed by atoms with Crippen molar-refractivity contribution in [3.05, 3.63) is 35.9 Å². The molecule has 0 aliphatic heterocycles. The molecule has 0 bridgehead atoms. The smallest absolute Gasteiger partial charge is 0.409 e. The maximum absolute atomic E-state index is 12.0. The van der Waals surface area contributed by atoms with Gasteiger partial charge in [0.05, 0.1) is 0 Å². The van der Waals surface area contributed by atoms with Crippen LogP contribution in [0.25, 0.3) is 0 Å². The lowest BCUT2D eigenvalue weighted by molar-refractivity contribution is 0.0498. The highest BCUT2D eigenvalue weighted by molar-refractivity contribution is 5.75. The van der Waals surface area contributed by atoms with Crippen LogP contribution >= 0.6 is 0 Å². The molecule has 0 fully saturated rings. The maximum Gasteiger partial charge on any atom is 0.409 e. The van der Waals surface area contributed by atoms with Crippen LogP contribution in [-0.4, -0.2) is 29.9 Å². The lowest BCUT2D eigenvalue weighted by Crippen LogP contribution is -2.54. The van der Waals surface area contributed by atoms with E-state index in [9.17, 15) is 9.59 Å². The Morgan fingerprint density at radius 3 is 2.17 bits per heavy atom. The molecule has 0 aliphatic carbocycles. The lowest BCUT2D eigenvalue weighted by Gasteiger charge is -2.25. The monoisotopic (exact) mass is 321 g/mol. The van der Waals surface area contributed by atoms with Crippen molar-refractivity contribution in [1.29, 1.82) is 0 Å². The first-order valence-corrected chi connectivity index (χ1v) is 7.76. The summed E-state index contributed by atoms with van der Waals surface area (Å²) in [4.78, 5) is 23.9. The van der Waals surface area contributed by atoms with Crippen LogP contribution in [0.4, 0.5) is 9.59 Å². The second kappa shape index (κ2) is 8.41. The standard InChI is InChI=1S/C17H27N3O3/c1-12(2)18-15(21)19-14(11-13-9-7-6-8-10-13)20-16(22)23-17(3,4)5/h6-10,12,14H,11H2,1-5H3,(H,20,22)(H2,18,19,21). The molecule has 6 nitrogen and oxygen atoms in total. The fraction of sp³-hybridized carbons (Fsp3) is 0.529. The van der Waals surface area contributed by atoms with E-state index in [1.807, 2.05) is 44.2 Å². The number of nitrogens with one attached hydrogen (secondary N) is 3. The zero-order valence-corrected chi connectivity index (χ0v) is 14.5. The molecule has 1 unspecified atom stereocenters. The van der Waals surface area contributed by atoms with Crippen molar-refractivity contribution in [2.45, 2.75) is 58.8 Å². The van der Waals surface area contributed by atoms with Gasteiger partial charge in [-0.1, -0.05) is 30.3 Å². The van der Waals surface area contributed by atoms with Crippen molar-refractivity contribution in [3.63, 3.8) is 0 Å². The van der Waals surface area contributed by atoms with E-state index < -0.39 is 17.9 Å². The zero-order valence-electron chi connectivity index (χ0n) is 14.5. The van der Waals surface area contributed by atoms with E-state index in [1.54, 1.807) is 20.8 Å². The Balaban J connectivity index is 2.71. The summed E-state index contributed by atoms with van der Waals surface area (Å²) in [5, 5.41) is 8.18. The van der Waals surface area contributed by atoms with Gasteiger partial charge < -0.3 is 20.7 Å². The van der Waals surface area contributed by atoms with Crippen LogP contribution in [0.2, 0.25) is 0 Å². The Morgan fingerprint density at radius 2 is 1.65 bits per heavy atom. The van der Waals surface area contributed by atoms with Gasteiger partial charge >= 0.3 is 12.1 Å². The molecule has 0 aromatic heterocycles.